The lowest BCUT2D eigenvalue weighted by Crippen LogP contribution is -2.39. The predicted molar refractivity (Wildman–Crippen MR) is 130 cm³/mol. The number of halogens is 1. The van der Waals surface area contributed by atoms with Crippen LogP contribution in [-0.2, 0) is 14.3 Å². The Hall–Kier alpha value is -3.49. The van der Waals surface area contributed by atoms with Gasteiger partial charge in [-0.15, -0.1) is 0 Å². The fourth-order valence-corrected chi connectivity index (χ4v) is 4.95. The maximum Gasteiger partial charge on any atom is 0.338 e. The molecular formula is C25H21ClN2O5S. The molecule has 1 unspecified atom stereocenters. The second-order valence-electron chi connectivity index (χ2n) is 7.49. The average molecular weight is 497 g/mol. The second kappa shape index (κ2) is 9.79. The highest BCUT2D eigenvalue weighted by Gasteiger charge is 2.33. The summed E-state index contributed by atoms with van der Waals surface area (Å²) in [6.07, 6.45) is 1.72. The summed E-state index contributed by atoms with van der Waals surface area (Å²) in [6.45, 7) is 4.94. The molecule has 0 aliphatic carbocycles. The quantitative estimate of drug-likeness (QED) is 0.399. The van der Waals surface area contributed by atoms with E-state index in [0.717, 1.165) is 0 Å². The van der Waals surface area contributed by atoms with E-state index in [-0.39, 0.29) is 17.7 Å². The molecule has 1 atom stereocenters. The van der Waals surface area contributed by atoms with Crippen LogP contribution >= 0.6 is 22.9 Å². The van der Waals surface area contributed by atoms with Crippen molar-refractivity contribution in [3.05, 3.63) is 95.6 Å². The Kier molecular flexibility index (Phi) is 6.81. The molecule has 0 N–H and O–H groups in total. The van der Waals surface area contributed by atoms with Gasteiger partial charge in [-0.25, -0.2) is 9.79 Å². The van der Waals surface area contributed by atoms with Gasteiger partial charge in [0.05, 0.1) is 28.5 Å². The van der Waals surface area contributed by atoms with Crippen LogP contribution in [0.15, 0.2) is 69.6 Å². The molecule has 9 heteroatoms. The Morgan fingerprint density at radius 2 is 1.88 bits per heavy atom. The molecule has 0 amide bonds. The van der Waals surface area contributed by atoms with E-state index in [4.69, 9.17) is 21.1 Å². The van der Waals surface area contributed by atoms with Gasteiger partial charge in [0.15, 0.2) is 4.80 Å². The van der Waals surface area contributed by atoms with E-state index < -0.39 is 18.0 Å². The van der Waals surface area contributed by atoms with Gasteiger partial charge in [0.25, 0.3) is 5.56 Å². The van der Waals surface area contributed by atoms with Crippen molar-refractivity contribution in [1.29, 1.82) is 0 Å². The van der Waals surface area contributed by atoms with Crippen molar-refractivity contribution in [2.75, 3.05) is 6.61 Å². The standard InChI is InChI=1S/C25H21ClN2O5S/c1-4-32-24(31)21-14(2)27-25-28(22(21)16-9-11-18(12-10-16)33-15(3)29)23(30)20(34-25)13-17-7-5-6-8-19(17)26/h5-13,22H,4H2,1-3H3/b20-13-. The first-order valence-electron chi connectivity index (χ1n) is 10.5. The summed E-state index contributed by atoms with van der Waals surface area (Å²) >= 11 is 7.51. The Morgan fingerprint density at radius 1 is 1.18 bits per heavy atom. The third kappa shape index (κ3) is 4.60. The Bertz CT molecular complexity index is 1480. The lowest BCUT2D eigenvalue weighted by Gasteiger charge is -2.24. The van der Waals surface area contributed by atoms with Gasteiger partial charge in [-0.2, -0.15) is 0 Å². The zero-order valence-corrected chi connectivity index (χ0v) is 20.3. The van der Waals surface area contributed by atoms with Crippen molar-refractivity contribution < 1.29 is 19.1 Å². The molecule has 0 bridgehead atoms. The molecule has 1 aliphatic rings. The Labute approximate surface area is 204 Å². The third-order valence-corrected chi connectivity index (χ3v) is 6.49. The third-order valence-electron chi connectivity index (χ3n) is 5.17. The first kappa shape index (κ1) is 23.7. The van der Waals surface area contributed by atoms with Gasteiger partial charge < -0.3 is 9.47 Å². The highest BCUT2D eigenvalue weighted by atomic mass is 35.5. The van der Waals surface area contributed by atoms with Crippen molar-refractivity contribution >= 4 is 41.0 Å². The lowest BCUT2D eigenvalue weighted by molar-refractivity contribution is -0.139. The van der Waals surface area contributed by atoms with E-state index >= 15 is 0 Å². The number of fused-ring (bicyclic) bond motifs is 1. The summed E-state index contributed by atoms with van der Waals surface area (Å²) in [5.74, 6) is -0.623. The van der Waals surface area contributed by atoms with Gasteiger partial charge in [0.1, 0.15) is 5.75 Å². The SMILES string of the molecule is CCOC(=O)C1=C(C)N=c2s/c(=C\c3ccccc3Cl)c(=O)n2C1c1ccc(OC(C)=O)cc1. The number of nitrogens with zero attached hydrogens (tertiary/aromatic N) is 2. The van der Waals surface area contributed by atoms with Crippen LogP contribution in [0.4, 0.5) is 0 Å². The zero-order chi connectivity index (χ0) is 24.4. The van der Waals surface area contributed by atoms with Gasteiger partial charge in [0.2, 0.25) is 0 Å². The molecule has 2 heterocycles. The first-order chi connectivity index (χ1) is 16.3. The van der Waals surface area contributed by atoms with E-state index in [9.17, 15) is 14.4 Å². The summed E-state index contributed by atoms with van der Waals surface area (Å²) in [7, 11) is 0. The summed E-state index contributed by atoms with van der Waals surface area (Å²) in [5.41, 5.74) is 1.81. The molecule has 1 aromatic heterocycles. The smallest absolute Gasteiger partial charge is 0.338 e. The lowest BCUT2D eigenvalue weighted by atomic mass is 9.96. The molecule has 0 spiro atoms. The van der Waals surface area contributed by atoms with E-state index in [1.807, 2.05) is 18.2 Å². The number of rotatable bonds is 5. The molecule has 7 nitrogen and oxygen atoms in total. The van der Waals surface area contributed by atoms with Gasteiger partial charge in [-0.3, -0.25) is 14.2 Å². The summed E-state index contributed by atoms with van der Waals surface area (Å²) in [4.78, 5) is 42.8. The highest BCUT2D eigenvalue weighted by molar-refractivity contribution is 7.07. The van der Waals surface area contributed by atoms with Crippen LogP contribution in [0.1, 0.15) is 37.9 Å². The maximum absolute atomic E-state index is 13.6. The minimum atomic E-state index is -0.755. The van der Waals surface area contributed by atoms with Crippen LogP contribution < -0.4 is 19.6 Å². The summed E-state index contributed by atoms with van der Waals surface area (Å²) < 4.78 is 12.3. The number of ether oxygens (including phenoxy) is 2. The fraction of sp³-hybridized carbons (Fsp3) is 0.200. The number of benzene rings is 2. The second-order valence-corrected chi connectivity index (χ2v) is 8.90. The minimum absolute atomic E-state index is 0.185. The molecule has 34 heavy (non-hydrogen) atoms. The van der Waals surface area contributed by atoms with Crippen molar-refractivity contribution in [1.82, 2.24) is 4.57 Å². The number of hydrogen-bond acceptors (Lipinski definition) is 7. The summed E-state index contributed by atoms with van der Waals surface area (Å²) in [5, 5.41) is 0.523. The summed E-state index contributed by atoms with van der Waals surface area (Å²) in [6, 6.07) is 13.1. The first-order valence-corrected chi connectivity index (χ1v) is 11.7. The van der Waals surface area contributed by atoms with Crippen LogP contribution in [0.3, 0.4) is 0 Å². The number of allylic oxidation sites excluding steroid dienone is 1. The fourth-order valence-electron chi connectivity index (χ4n) is 3.72. The van der Waals surface area contributed by atoms with Crippen molar-refractivity contribution in [2.24, 2.45) is 4.99 Å². The van der Waals surface area contributed by atoms with Gasteiger partial charge in [-0.05, 0) is 49.2 Å². The van der Waals surface area contributed by atoms with Gasteiger partial charge in [0, 0.05) is 11.9 Å². The normalized spacial score (nSPS) is 15.5. The maximum atomic E-state index is 13.6. The minimum Gasteiger partial charge on any atom is -0.463 e. The van der Waals surface area contributed by atoms with Crippen molar-refractivity contribution in [2.45, 2.75) is 26.8 Å². The van der Waals surface area contributed by atoms with E-state index in [0.29, 0.717) is 36.9 Å². The van der Waals surface area contributed by atoms with Gasteiger partial charge >= 0.3 is 11.9 Å². The van der Waals surface area contributed by atoms with Crippen LogP contribution in [0.5, 0.6) is 5.75 Å². The average Bonchev–Trinajstić information content (AvgIpc) is 3.09. The molecule has 4 rings (SSSR count). The molecule has 2 aromatic carbocycles. The molecule has 0 radical (unpaired) electrons. The van der Waals surface area contributed by atoms with Gasteiger partial charge in [-0.1, -0.05) is 53.3 Å². The van der Waals surface area contributed by atoms with Crippen LogP contribution in [0.2, 0.25) is 5.02 Å². The Morgan fingerprint density at radius 3 is 2.53 bits per heavy atom. The molecular weight excluding hydrogens is 476 g/mol. The molecule has 0 fully saturated rings. The molecule has 0 saturated carbocycles. The number of carbonyl (C=O) groups excluding carboxylic acids is 2. The largest absolute Gasteiger partial charge is 0.463 e. The number of carbonyl (C=O) groups is 2. The predicted octanol–water partition coefficient (Wildman–Crippen LogP) is 3.38. The van der Waals surface area contributed by atoms with E-state index in [1.54, 1.807) is 50.3 Å². The van der Waals surface area contributed by atoms with Crippen molar-refractivity contribution in [3.8, 4) is 5.75 Å². The molecule has 3 aromatic rings. The topological polar surface area (TPSA) is 87.0 Å². The van der Waals surface area contributed by atoms with E-state index in [1.165, 1.54) is 22.8 Å². The molecule has 174 valence electrons. The van der Waals surface area contributed by atoms with Crippen molar-refractivity contribution in [3.63, 3.8) is 0 Å². The molecule has 0 saturated heterocycles. The van der Waals surface area contributed by atoms with Crippen LogP contribution in [-0.4, -0.2) is 23.1 Å². The van der Waals surface area contributed by atoms with E-state index in [2.05, 4.69) is 4.99 Å². The zero-order valence-electron chi connectivity index (χ0n) is 18.7. The number of esters is 2. The number of aromatic nitrogens is 1. The highest BCUT2D eigenvalue weighted by Crippen LogP contribution is 2.31. The molecule has 1 aliphatic heterocycles. The van der Waals surface area contributed by atoms with Crippen LogP contribution in [0, 0.1) is 0 Å². The monoisotopic (exact) mass is 496 g/mol. The Balaban J connectivity index is 1.92. The number of thiazole rings is 1. The number of hydrogen-bond donors (Lipinski definition) is 0. The van der Waals surface area contributed by atoms with Crippen LogP contribution in [0.25, 0.3) is 6.08 Å².